The van der Waals surface area contributed by atoms with Crippen molar-refractivity contribution in [2.24, 2.45) is 0 Å². The van der Waals surface area contributed by atoms with E-state index in [1.807, 2.05) is 84.9 Å². The number of rotatable bonds is 8. The number of halogens is 2. The van der Waals surface area contributed by atoms with E-state index in [1.165, 1.54) is 17.3 Å². The van der Waals surface area contributed by atoms with Gasteiger partial charge in [0.25, 0.3) is 5.91 Å². The number of hydrogen-bond donors (Lipinski definition) is 1. The average Bonchev–Trinajstić information content (AvgIpc) is 3.00. The number of amides is 1. The molecule has 2 nitrogen and oxygen atoms in total. The first kappa shape index (κ1) is 29.6. The molecule has 5 aromatic carbocycles. The number of hydrogen-bond acceptors (Lipinski definition) is 2. The number of thioether (sulfide) groups is 1. The summed E-state index contributed by atoms with van der Waals surface area (Å²) in [6.07, 6.45) is 0. The molecule has 0 bridgehead atoms. The Labute approximate surface area is 252 Å². The van der Waals surface area contributed by atoms with Gasteiger partial charge in [-0.3, -0.25) is 10.1 Å². The predicted octanol–water partition coefficient (Wildman–Crippen LogP) is 4.88. The zero-order valence-corrected chi connectivity index (χ0v) is 25.1. The fourth-order valence-corrected chi connectivity index (χ4v) is 10.5. The van der Waals surface area contributed by atoms with Crippen LogP contribution in [0.4, 0.5) is 0 Å². The minimum atomic E-state index is -2.65. The van der Waals surface area contributed by atoms with E-state index < -0.39 is 7.26 Å². The first-order valence-electron chi connectivity index (χ1n) is 12.7. The highest BCUT2D eigenvalue weighted by Crippen LogP contribution is 2.64. The van der Waals surface area contributed by atoms with Gasteiger partial charge >= 0.3 is 0 Å². The Hall–Kier alpha value is -3.33. The van der Waals surface area contributed by atoms with Gasteiger partial charge in [0.1, 0.15) is 20.3 Å². The summed E-state index contributed by atoms with van der Waals surface area (Å²) in [7, 11) is -2.65. The van der Waals surface area contributed by atoms with Crippen molar-refractivity contribution in [1.29, 1.82) is 0 Å². The van der Waals surface area contributed by atoms with E-state index in [4.69, 9.17) is 11.6 Å². The summed E-state index contributed by atoms with van der Waals surface area (Å²) in [5.41, 5.74) is 2.47. The lowest BCUT2D eigenvalue weighted by Crippen LogP contribution is -3.00. The molecule has 1 N–H and O–H groups in total. The third kappa shape index (κ3) is 6.35. The lowest BCUT2D eigenvalue weighted by Gasteiger charge is -2.30. The summed E-state index contributed by atoms with van der Waals surface area (Å²) in [6.45, 7) is 2.06. The molecule has 0 spiro atoms. The summed E-state index contributed by atoms with van der Waals surface area (Å²) in [6, 6.07) is 48.8. The van der Waals surface area contributed by atoms with Crippen molar-refractivity contribution in [3.8, 4) is 0 Å². The van der Waals surface area contributed by atoms with Gasteiger partial charge in [0.05, 0.1) is 0 Å². The van der Waals surface area contributed by atoms with Gasteiger partial charge in [-0.05, 0) is 67.6 Å². The third-order valence-electron chi connectivity index (χ3n) is 6.45. The van der Waals surface area contributed by atoms with Crippen LogP contribution in [0.1, 0.15) is 15.9 Å². The van der Waals surface area contributed by atoms with Crippen molar-refractivity contribution in [3.05, 3.63) is 167 Å². The van der Waals surface area contributed by atoms with Gasteiger partial charge in [-0.2, -0.15) is 0 Å². The van der Waals surface area contributed by atoms with Crippen LogP contribution in [0, 0.1) is 6.92 Å². The monoisotopic (exact) mass is 599 g/mol. The molecular formula is C34H28Cl2NOPS. The van der Waals surface area contributed by atoms with E-state index in [2.05, 4.69) is 72.9 Å². The van der Waals surface area contributed by atoms with Gasteiger partial charge in [0.2, 0.25) is 5.44 Å². The lowest BCUT2D eigenvalue weighted by atomic mass is 10.2. The molecule has 40 heavy (non-hydrogen) atoms. The fourth-order valence-electron chi connectivity index (χ4n) is 4.58. The van der Waals surface area contributed by atoms with Crippen LogP contribution in [0.5, 0.6) is 0 Å². The number of benzene rings is 5. The molecule has 0 unspecified atom stereocenters. The van der Waals surface area contributed by atoms with Gasteiger partial charge in [-0.1, -0.05) is 114 Å². The van der Waals surface area contributed by atoms with E-state index in [-0.39, 0.29) is 18.3 Å². The summed E-state index contributed by atoms with van der Waals surface area (Å²) in [5, 5.41) is 6.65. The van der Waals surface area contributed by atoms with Gasteiger partial charge in [-0.15, -0.1) is 0 Å². The maximum absolute atomic E-state index is 13.8. The molecule has 200 valence electrons. The number of carbonyl (C=O) groups is 1. The van der Waals surface area contributed by atoms with Crippen molar-refractivity contribution in [2.45, 2.75) is 11.8 Å². The standard InChI is InChI=1S/C34H27ClNOPS.ClH/c1-26-22-24-31(25-23-26)39-32(35)34(36-33(37)27-14-6-2-7-15-27)38(28-16-8-3-9-17-28,29-18-10-4-11-19-29)30-20-12-5-13-21-30;/h2-25H,1H3;1H. The van der Waals surface area contributed by atoms with Crippen LogP contribution in [-0.4, -0.2) is 5.91 Å². The number of aryl methyl sites for hydroxylation is 1. The quantitative estimate of drug-likeness (QED) is 0.203. The van der Waals surface area contributed by atoms with Gasteiger partial charge in [-0.25, -0.2) is 0 Å². The first-order valence-corrected chi connectivity index (χ1v) is 15.6. The van der Waals surface area contributed by atoms with E-state index in [0.717, 1.165) is 20.8 Å². The smallest absolute Gasteiger partial charge is 0.258 e. The van der Waals surface area contributed by atoms with Crippen molar-refractivity contribution >= 4 is 52.4 Å². The Kier molecular flexibility index (Phi) is 10.3. The third-order valence-corrected chi connectivity index (χ3v) is 12.3. The molecule has 0 aliphatic carbocycles. The zero-order chi connectivity index (χ0) is 27.1. The molecule has 0 aromatic heterocycles. The van der Waals surface area contributed by atoms with Crippen LogP contribution in [0.25, 0.3) is 0 Å². The van der Waals surface area contributed by atoms with Crippen LogP contribution in [-0.2, 0) is 0 Å². The molecule has 0 saturated heterocycles. The largest absolute Gasteiger partial charge is 1.00 e. The Bertz CT molecular complexity index is 1470. The first-order chi connectivity index (χ1) is 19.1. The average molecular weight is 601 g/mol. The molecule has 0 heterocycles. The topological polar surface area (TPSA) is 29.1 Å². The van der Waals surface area contributed by atoms with Gasteiger partial charge in [0, 0.05) is 10.5 Å². The van der Waals surface area contributed by atoms with Gasteiger partial charge in [0.15, 0.2) is 7.26 Å². The second kappa shape index (κ2) is 13.8. The molecule has 5 rings (SSSR count). The maximum Gasteiger partial charge on any atom is 0.258 e. The Balaban J connectivity index is 0.00000370. The van der Waals surface area contributed by atoms with Crippen molar-refractivity contribution in [3.63, 3.8) is 0 Å². The Morgan fingerprint density at radius 3 is 1.45 bits per heavy atom. The molecule has 1 amide bonds. The molecule has 6 heteroatoms. The van der Waals surface area contributed by atoms with Crippen LogP contribution in [0.15, 0.2) is 160 Å². The minimum absolute atomic E-state index is 0. The highest BCUT2D eigenvalue weighted by Gasteiger charge is 2.52. The number of nitrogens with one attached hydrogen (secondary N) is 1. The lowest BCUT2D eigenvalue weighted by molar-refractivity contribution is -0.0000157. The highest BCUT2D eigenvalue weighted by molar-refractivity contribution is 8.06. The van der Waals surface area contributed by atoms with Gasteiger partial charge < -0.3 is 12.4 Å². The van der Waals surface area contributed by atoms with E-state index in [9.17, 15) is 4.79 Å². The second-order valence-corrected chi connectivity index (χ2v) is 14.1. The number of carbonyl (C=O) groups excluding carboxylic acids is 1. The Morgan fingerprint density at radius 1 is 0.625 bits per heavy atom. The predicted molar refractivity (Wildman–Crippen MR) is 169 cm³/mol. The zero-order valence-electron chi connectivity index (χ0n) is 21.9. The normalized spacial score (nSPS) is 11.7. The molecule has 0 radical (unpaired) electrons. The van der Waals surface area contributed by atoms with Crippen molar-refractivity contribution in [1.82, 2.24) is 5.32 Å². The summed E-state index contributed by atoms with van der Waals surface area (Å²) in [4.78, 5) is 14.8. The van der Waals surface area contributed by atoms with Crippen LogP contribution in [0.3, 0.4) is 0 Å². The molecule has 0 atom stereocenters. The molecule has 0 aliphatic heterocycles. The molecule has 0 saturated carbocycles. The second-order valence-electron chi connectivity index (χ2n) is 9.04. The van der Waals surface area contributed by atoms with Crippen LogP contribution in [0.2, 0.25) is 0 Å². The summed E-state index contributed by atoms with van der Waals surface area (Å²) in [5.74, 6) is -0.194. The highest BCUT2D eigenvalue weighted by atomic mass is 35.5. The van der Waals surface area contributed by atoms with Crippen LogP contribution >= 0.6 is 30.6 Å². The summed E-state index contributed by atoms with van der Waals surface area (Å²) < 4.78 is 0.535. The molecule has 0 fully saturated rings. The van der Waals surface area contributed by atoms with Crippen molar-refractivity contribution in [2.75, 3.05) is 0 Å². The van der Waals surface area contributed by atoms with Crippen molar-refractivity contribution < 1.29 is 17.2 Å². The Morgan fingerprint density at radius 2 is 1.02 bits per heavy atom. The van der Waals surface area contributed by atoms with E-state index >= 15 is 0 Å². The van der Waals surface area contributed by atoms with E-state index in [0.29, 0.717) is 15.4 Å². The molecule has 0 aliphatic rings. The summed E-state index contributed by atoms with van der Waals surface area (Å²) >= 11 is 8.81. The molecular weight excluding hydrogens is 572 g/mol. The maximum atomic E-state index is 13.8. The van der Waals surface area contributed by atoms with Crippen LogP contribution < -0.4 is 33.6 Å². The minimum Gasteiger partial charge on any atom is -1.00 e. The SMILES string of the molecule is Cc1ccc(SC(Cl)=C(NC(=O)c2ccccc2)[P+](c2ccccc2)(c2ccccc2)c2ccccc2)cc1.[Cl-]. The fraction of sp³-hybridized carbons (Fsp3) is 0.0294. The molecule has 5 aromatic rings. The van der Waals surface area contributed by atoms with E-state index in [1.54, 1.807) is 0 Å².